The van der Waals surface area contributed by atoms with Gasteiger partial charge in [0.2, 0.25) is 0 Å². The predicted molar refractivity (Wildman–Crippen MR) is 62.1 cm³/mol. The molecule has 15 heavy (non-hydrogen) atoms. The second-order valence-corrected chi connectivity index (χ2v) is 3.77. The average Bonchev–Trinajstić information content (AvgIpc) is 2.27. The average molecular weight is 205 g/mol. The van der Waals surface area contributed by atoms with E-state index < -0.39 is 0 Å². The third kappa shape index (κ3) is 3.46. The lowest BCUT2D eigenvalue weighted by atomic mass is 10.0. The monoisotopic (exact) mass is 205 g/mol. The largest absolute Gasteiger partial charge is 0.294 e. The summed E-state index contributed by atoms with van der Waals surface area (Å²) in [7, 11) is 0. The number of rotatable bonds is 6. The van der Waals surface area contributed by atoms with Gasteiger partial charge in [0.25, 0.3) is 0 Å². The van der Waals surface area contributed by atoms with E-state index in [-0.39, 0.29) is 5.78 Å². The summed E-state index contributed by atoms with van der Waals surface area (Å²) >= 11 is 0. The lowest BCUT2D eigenvalue weighted by Crippen LogP contribution is -2.05. The van der Waals surface area contributed by atoms with Crippen LogP contribution in [0.15, 0.2) is 18.3 Å². The van der Waals surface area contributed by atoms with Crippen LogP contribution in [0.3, 0.4) is 0 Å². The van der Waals surface area contributed by atoms with Gasteiger partial charge in [-0.2, -0.15) is 0 Å². The van der Waals surface area contributed by atoms with Crippen LogP contribution in [-0.4, -0.2) is 10.8 Å². The minimum Gasteiger partial charge on any atom is -0.294 e. The lowest BCUT2D eigenvalue weighted by molar-refractivity contribution is 0.0978. The molecule has 0 atom stereocenters. The minimum absolute atomic E-state index is 0.244. The van der Waals surface area contributed by atoms with Crippen molar-refractivity contribution in [2.75, 3.05) is 0 Å². The molecule has 0 fully saturated rings. The van der Waals surface area contributed by atoms with Crippen molar-refractivity contribution in [2.24, 2.45) is 0 Å². The summed E-state index contributed by atoms with van der Waals surface area (Å²) in [6, 6.07) is 3.74. The first-order valence-electron chi connectivity index (χ1n) is 5.76. The van der Waals surface area contributed by atoms with Gasteiger partial charge in [0.05, 0.1) is 5.69 Å². The molecule has 0 aliphatic rings. The van der Waals surface area contributed by atoms with Gasteiger partial charge in [0.15, 0.2) is 5.78 Å². The van der Waals surface area contributed by atoms with Gasteiger partial charge in [-0.3, -0.25) is 9.78 Å². The van der Waals surface area contributed by atoms with Crippen LogP contribution in [0.4, 0.5) is 0 Å². The number of hydrogen-bond acceptors (Lipinski definition) is 2. The first-order chi connectivity index (χ1) is 7.29. The molecule has 1 aromatic heterocycles. The highest BCUT2D eigenvalue weighted by atomic mass is 16.1. The van der Waals surface area contributed by atoms with Crippen molar-refractivity contribution in [1.29, 1.82) is 0 Å². The lowest BCUT2D eigenvalue weighted by Gasteiger charge is -2.05. The third-order valence-electron chi connectivity index (χ3n) is 2.43. The number of ketones is 1. The molecule has 1 rings (SSSR count). The Morgan fingerprint density at radius 3 is 2.80 bits per heavy atom. The molecule has 2 heteroatoms. The van der Waals surface area contributed by atoms with E-state index in [2.05, 4.69) is 18.8 Å². The minimum atomic E-state index is 0.244. The van der Waals surface area contributed by atoms with Crippen molar-refractivity contribution in [3.63, 3.8) is 0 Å². The van der Waals surface area contributed by atoms with Gasteiger partial charge in [0, 0.05) is 18.2 Å². The van der Waals surface area contributed by atoms with E-state index >= 15 is 0 Å². The smallest absolute Gasteiger partial charge is 0.164 e. The summed E-state index contributed by atoms with van der Waals surface area (Å²) in [5.41, 5.74) is 1.79. The molecule has 0 aliphatic heterocycles. The molecule has 0 bridgehead atoms. The molecule has 1 heterocycles. The highest BCUT2D eigenvalue weighted by Gasteiger charge is 2.10. The molecule has 0 N–H and O–H groups in total. The van der Waals surface area contributed by atoms with Gasteiger partial charge in [-0.25, -0.2) is 0 Å². The van der Waals surface area contributed by atoms with Crippen LogP contribution in [0.5, 0.6) is 0 Å². The van der Waals surface area contributed by atoms with Crippen molar-refractivity contribution in [3.05, 3.63) is 29.6 Å². The van der Waals surface area contributed by atoms with Crippen LogP contribution in [0.2, 0.25) is 0 Å². The fraction of sp³-hybridized carbons (Fsp3) is 0.538. The Balaban J connectivity index is 2.77. The van der Waals surface area contributed by atoms with Gasteiger partial charge in [-0.05, 0) is 25.0 Å². The zero-order valence-electron chi connectivity index (χ0n) is 9.62. The highest BCUT2D eigenvalue weighted by molar-refractivity contribution is 5.97. The summed E-state index contributed by atoms with van der Waals surface area (Å²) in [5, 5.41) is 0. The zero-order chi connectivity index (χ0) is 11.1. The number of carbonyl (C=O) groups is 1. The van der Waals surface area contributed by atoms with Crippen LogP contribution >= 0.6 is 0 Å². The van der Waals surface area contributed by atoms with Crippen LogP contribution < -0.4 is 0 Å². The number of aryl methyl sites for hydroxylation is 1. The Kier molecular flexibility index (Phi) is 5.02. The van der Waals surface area contributed by atoms with Gasteiger partial charge >= 0.3 is 0 Å². The second kappa shape index (κ2) is 6.33. The number of unbranched alkanes of at least 4 members (excludes halogenated alkanes) is 1. The summed E-state index contributed by atoms with van der Waals surface area (Å²) in [6.07, 6.45) is 6.38. The molecular formula is C13H19NO. The Hall–Kier alpha value is -1.18. The molecule has 2 nitrogen and oxygen atoms in total. The molecule has 0 unspecified atom stereocenters. The summed E-state index contributed by atoms with van der Waals surface area (Å²) in [6.45, 7) is 4.21. The summed E-state index contributed by atoms with van der Waals surface area (Å²) in [4.78, 5) is 16.1. The number of Topliss-reactive ketones (excluding diaryl/α,β-unsaturated/α-hetero) is 1. The van der Waals surface area contributed by atoms with E-state index in [0.29, 0.717) is 6.42 Å². The fourth-order valence-corrected chi connectivity index (χ4v) is 1.60. The number of aromatic nitrogens is 1. The first-order valence-corrected chi connectivity index (χ1v) is 5.76. The van der Waals surface area contributed by atoms with Crippen LogP contribution in [-0.2, 0) is 6.42 Å². The topological polar surface area (TPSA) is 30.0 Å². The van der Waals surface area contributed by atoms with Crippen molar-refractivity contribution >= 4 is 5.78 Å². The standard InChI is InChI=1S/C13H19NO/c1-3-5-9-13(15)11-8-6-10-14-12(11)7-4-2/h6,8,10H,3-5,7,9H2,1-2H3. The van der Waals surface area contributed by atoms with E-state index in [4.69, 9.17) is 0 Å². The Morgan fingerprint density at radius 1 is 1.33 bits per heavy atom. The molecule has 0 radical (unpaired) electrons. The third-order valence-corrected chi connectivity index (χ3v) is 2.43. The summed E-state index contributed by atoms with van der Waals surface area (Å²) in [5.74, 6) is 0.244. The molecular weight excluding hydrogens is 186 g/mol. The quantitative estimate of drug-likeness (QED) is 0.666. The van der Waals surface area contributed by atoms with E-state index in [1.807, 2.05) is 12.1 Å². The van der Waals surface area contributed by atoms with Crippen molar-refractivity contribution in [3.8, 4) is 0 Å². The number of nitrogens with zero attached hydrogens (tertiary/aromatic N) is 1. The maximum Gasteiger partial charge on any atom is 0.164 e. The molecule has 0 aromatic carbocycles. The van der Waals surface area contributed by atoms with E-state index in [0.717, 1.165) is 36.9 Å². The van der Waals surface area contributed by atoms with Gasteiger partial charge in [-0.15, -0.1) is 0 Å². The first kappa shape index (κ1) is 11.9. The van der Waals surface area contributed by atoms with Gasteiger partial charge in [-0.1, -0.05) is 26.7 Å². The molecule has 82 valence electrons. The Morgan fingerprint density at radius 2 is 2.13 bits per heavy atom. The maximum absolute atomic E-state index is 11.9. The van der Waals surface area contributed by atoms with E-state index in [1.165, 1.54) is 0 Å². The van der Waals surface area contributed by atoms with Crippen molar-refractivity contribution < 1.29 is 4.79 Å². The van der Waals surface area contributed by atoms with E-state index in [9.17, 15) is 4.79 Å². The Bertz CT molecular complexity index is 320. The molecule has 0 aliphatic carbocycles. The number of hydrogen-bond donors (Lipinski definition) is 0. The number of pyridine rings is 1. The molecule has 1 aromatic rings. The van der Waals surface area contributed by atoms with Gasteiger partial charge < -0.3 is 0 Å². The summed E-state index contributed by atoms with van der Waals surface area (Å²) < 4.78 is 0. The van der Waals surface area contributed by atoms with Crippen molar-refractivity contribution in [2.45, 2.75) is 46.0 Å². The Labute approximate surface area is 91.7 Å². The maximum atomic E-state index is 11.9. The number of carbonyl (C=O) groups excluding carboxylic acids is 1. The van der Waals surface area contributed by atoms with Gasteiger partial charge in [0.1, 0.15) is 0 Å². The highest BCUT2D eigenvalue weighted by Crippen LogP contribution is 2.12. The molecule has 0 amide bonds. The normalized spacial score (nSPS) is 10.3. The van der Waals surface area contributed by atoms with Crippen molar-refractivity contribution in [1.82, 2.24) is 4.98 Å². The predicted octanol–water partition coefficient (Wildman–Crippen LogP) is 3.41. The van der Waals surface area contributed by atoms with Crippen LogP contribution in [0.1, 0.15) is 55.6 Å². The molecule has 0 spiro atoms. The van der Waals surface area contributed by atoms with E-state index in [1.54, 1.807) is 6.20 Å². The fourth-order valence-electron chi connectivity index (χ4n) is 1.60. The SMILES string of the molecule is CCCCC(=O)c1cccnc1CCC. The van der Waals surface area contributed by atoms with Crippen LogP contribution in [0, 0.1) is 0 Å². The molecule has 0 saturated carbocycles. The van der Waals surface area contributed by atoms with Crippen LogP contribution in [0.25, 0.3) is 0 Å². The molecule has 0 saturated heterocycles. The zero-order valence-corrected chi connectivity index (χ0v) is 9.62. The second-order valence-electron chi connectivity index (χ2n) is 3.77.